The highest BCUT2D eigenvalue weighted by Gasteiger charge is 2.36. The predicted molar refractivity (Wildman–Crippen MR) is 156 cm³/mol. The molecule has 2 heterocycles. The molecule has 0 aromatic heterocycles. The summed E-state index contributed by atoms with van der Waals surface area (Å²) in [5.74, 6) is 0.350. The number of fused-ring (bicyclic) bond motifs is 1. The lowest BCUT2D eigenvalue weighted by atomic mass is 10.1. The Morgan fingerprint density at radius 3 is 2.56 bits per heavy atom. The molecule has 1 fully saturated rings. The van der Waals surface area contributed by atoms with E-state index in [-0.39, 0.29) is 38.2 Å². The number of rotatable bonds is 7. The summed E-state index contributed by atoms with van der Waals surface area (Å²) in [5, 5.41) is 2.62. The Bertz CT molecular complexity index is 1430. The summed E-state index contributed by atoms with van der Waals surface area (Å²) in [7, 11) is 0. The zero-order chi connectivity index (χ0) is 27.4. The van der Waals surface area contributed by atoms with Gasteiger partial charge in [0, 0.05) is 15.7 Å². The van der Waals surface area contributed by atoms with Gasteiger partial charge in [0.2, 0.25) is 18.6 Å². The smallest absolute Gasteiger partial charge is 0.338 e. The molecule has 1 atom stereocenters. The first-order chi connectivity index (χ1) is 18.9. The van der Waals surface area contributed by atoms with Crippen LogP contribution in [0.2, 0.25) is 0 Å². The van der Waals surface area contributed by atoms with E-state index in [1.54, 1.807) is 42.2 Å². The van der Waals surface area contributed by atoms with Gasteiger partial charge in [-0.1, -0.05) is 17.8 Å². The van der Waals surface area contributed by atoms with Gasteiger partial charge >= 0.3 is 5.97 Å². The number of anilines is 1. The van der Waals surface area contributed by atoms with Crippen LogP contribution in [0.3, 0.4) is 0 Å². The van der Waals surface area contributed by atoms with Gasteiger partial charge in [0.25, 0.3) is 0 Å². The molecule has 5 rings (SSSR count). The van der Waals surface area contributed by atoms with Crippen molar-refractivity contribution >= 4 is 68.7 Å². The minimum Gasteiger partial charge on any atom is -0.462 e. The van der Waals surface area contributed by atoms with Gasteiger partial charge in [0.15, 0.2) is 16.7 Å². The molecule has 1 N–H and O–H groups in total. The number of hydrogen-bond acceptors (Lipinski definition) is 8. The summed E-state index contributed by atoms with van der Waals surface area (Å²) in [6, 6.07) is 19.5. The van der Waals surface area contributed by atoms with E-state index in [0.29, 0.717) is 33.6 Å². The van der Waals surface area contributed by atoms with Crippen LogP contribution in [0.15, 0.2) is 71.7 Å². The number of benzene rings is 3. The number of amidine groups is 1. The number of carbonyl (C=O) groups excluding carboxylic acids is 3. The summed E-state index contributed by atoms with van der Waals surface area (Å²) < 4.78 is 17.0. The van der Waals surface area contributed by atoms with Crippen molar-refractivity contribution in [2.24, 2.45) is 4.99 Å². The number of thioether (sulfide) groups is 1. The number of halogens is 1. The molecular formula is C28H24IN3O6S. The molecule has 3 aromatic carbocycles. The largest absolute Gasteiger partial charge is 0.462 e. The lowest BCUT2D eigenvalue weighted by Crippen LogP contribution is -2.44. The minimum absolute atomic E-state index is 0.0201. The molecule has 3 aromatic rings. The molecule has 39 heavy (non-hydrogen) atoms. The van der Waals surface area contributed by atoms with Gasteiger partial charge in [-0.05, 0) is 95.7 Å². The second kappa shape index (κ2) is 12.1. The standard InChI is InChI=1S/C28H24IN3O6S/c1-2-36-27(35)18-4-8-21(9-5-18)31-28-32(15-17-3-12-22-23(13-17)38-16-37-22)25(33)14-24(39-28)26(34)30-20-10-6-19(29)7-11-20/h3-13,24H,2,14-16H2,1H3,(H,30,34). The molecule has 9 nitrogen and oxygen atoms in total. The first-order valence-electron chi connectivity index (χ1n) is 12.2. The number of carbonyl (C=O) groups is 3. The number of aliphatic imine (C=N–C) groups is 1. The highest BCUT2D eigenvalue weighted by molar-refractivity contribution is 14.1. The maximum atomic E-state index is 13.4. The van der Waals surface area contributed by atoms with Crippen molar-refractivity contribution in [2.75, 3.05) is 18.7 Å². The fraction of sp³-hybridized carbons (Fsp3) is 0.214. The van der Waals surface area contributed by atoms with E-state index in [1.165, 1.54) is 11.8 Å². The Balaban J connectivity index is 1.40. The van der Waals surface area contributed by atoms with Crippen molar-refractivity contribution in [3.8, 4) is 11.5 Å². The first kappa shape index (κ1) is 27.0. The maximum Gasteiger partial charge on any atom is 0.338 e. The number of ether oxygens (including phenoxy) is 3. The molecule has 0 radical (unpaired) electrons. The number of amides is 2. The third kappa shape index (κ3) is 6.53. The van der Waals surface area contributed by atoms with Crippen molar-refractivity contribution in [2.45, 2.75) is 25.1 Å². The lowest BCUT2D eigenvalue weighted by Gasteiger charge is -2.32. The fourth-order valence-corrected chi connectivity index (χ4v) is 5.43. The van der Waals surface area contributed by atoms with Crippen molar-refractivity contribution in [3.05, 3.63) is 81.4 Å². The highest BCUT2D eigenvalue weighted by Crippen LogP contribution is 2.35. The molecule has 0 bridgehead atoms. The van der Waals surface area contributed by atoms with Crippen LogP contribution in [0, 0.1) is 3.57 Å². The van der Waals surface area contributed by atoms with E-state index in [2.05, 4.69) is 27.9 Å². The maximum absolute atomic E-state index is 13.4. The molecule has 200 valence electrons. The molecular weight excluding hydrogens is 633 g/mol. The number of nitrogens with zero attached hydrogens (tertiary/aromatic N) is 2. The van der Waals surface area contributed by atoms with Crippen molar-refractivity contribution in [1.29, 1.82) is 0 Å². The number of hydrogen-bond donors (Lipinski definition) is 1. The van der Waals surface area contributed by atoms with E-state index >= 15 is 0 Å². The van der Waals surface area contributed by atoms with E-state index in [0.717, 1.165) is 9.13 Å². The number of esters is 1. The van der Waals surface area contributed by atoms with Gasteiger partial charge in [-0.15, -0.1) is 0 Å². The second-order valence-corrected chi connectivity index (χ2v) is 11.1. The predicted octanol–water partition coefficient (Wildman–Crippen LogP) is 5.36. The summed E-state index contributed by atoms with van der Waals surface area (Å²) in [6.45, 7) is 2.42. The Kier molecular flexibility index (Phi) is 8.36. The first-order valence-corrected chi connectivity index (χ1v) is 14.1. The van der Waals surface area contributed by atoms with Crippen LogP contribution >= 0.6 is 34.4 Å². The third-order valence-corrected chi connectivity index (χ3v) is 7.83. The van der Waals surface area contributed by atoms with E-state index in [4.69, 9.17) is 19.2 Å². The molecule has 2 aliphatic rings. The fourth-order valence-electron chi connectivity index (χ4n) is 3.97. The van der Waals surface area contributed by atoms with Crippen LogP contribution < -0.4 is 14.8 Å². The van der Waals surface area contributed by atoms with Crippen LogP contribution in [0.1, 0.15) is 29.3 Å². The SMILES string of the molecule is CCOC(=O)c1ccc(N=C2SC(C(=O)Nc3ccc(I)cc3)CC(=O)N2Cc2ccc3c(c2)OCO3)cc1. The summed E-state index contributed by atoms with van der Waals surface area (Å²) >= 11 is 3.42. The normalized spacial score (nSPS) is 17.3. The zero-order valence-electron chi connectivity index (χ0n) is 20.9. The van der Waals surface area contributed by atoms with Crippen molar-refractivity contribution in [1.82, 2.24) is 4.90 Å². The quantitative estimate of drug-likeness (QED) is 0.270. The molecule has 11 heteroatoms. The minimum atomic E-state index is -0.665. The molecule has 0 saturated carbocycles. The van der Waals surface area contributed by atoms with Crippen molar-refractivity contribution in [3.63, 3.8) is 0 Å². The average molecular weight is 657 g/mol. The van der Waals surface area contributed by atoms with Gasteiger partial charge in [0.1, 0.15) is 5.25 Å². The van der Waals surface area contributed by atoms with Crippen molar-refractivity contribution < 1.29 is 28.6 Å². The lowest BCUT2D eigenvalue weighted by molar-refractivity contribution is -0.129. The second-order valence-electron chi connectivity index (χ2n) is 8.64. The van der Waals surface area contributed by atoms with E-state index < -0.39 is 11.2 Å². The van der Waals surface area contributed by atoms with Crippen LogP contribution in [0.5, 0.6) is 11.5 Å². The highest BCUT2D eigenvalue weighted by atomic mass is 127. The van der Waals surface area contributed by atoms with Gasteiger partial charge in [-0.2, -0.15) is 0 Å². The van der Waals surface area contributed by atoms with Gasteiger partial charge in [0.05, 0.1) is 24.4 Å². The van der Waals surface area contributed by atoms with Crippen LogP contribution in [0.4, 0.5) is 11.4 Å². The Morgan fingerprint density at radius 1 is 1.08 bits per heavy atom. The van der Waals surface area contributed by atoms with Crippen LogP contribution in [0.25, 0.3) is 0 Å². The molecule has 0 spiro atoms. The Labute approximate surface area is 243 Å². The molecule has 1 unspecified atom stereocenters. The van der Waals surface area contributed by atoms with Gasteiger partial charge in [-0.25, -0.2) is 9.79 Å². The van der Waals surface area contributed by atoms with Gasteiger partial charge in [-0.3, -0.25) is 14.5 Å². The monoisotopic (exact) mass is 657 g/mol. The van der Waals surface area contributed by atoms with E-state index in [1.807, 2.05) is 36.4 Å². The summed E-state index contributed by atoms with van der Waals surface area (Å²) in [6.07, 6.45) is 0.0201. The number of nitrogens with one attached hydrogen (secondary N) is 1. The van der Waals surface area contributed by atoms with Crippen LogP contribution in [-0.2, 0) is 20.9 Å². The Morgan fingerprint density at radius 2 is 1.82 bits per heavy atom. The van der Waals surface area contributed by atoms with Crippen LogP contribution in [-0.4, -0.2) is 46.5 Å². The Hall–Kier alpha value is -3.58. The van der Waals surface area contributed by atoms with E-state index in [9.17, 15) is 14.4 Å². The topological polar surface area (TPSA) is 107 Å². The van der Waals surface area contributed by atoms with Gasteiger partial charge < -0.3 is 19.5 Å². The summed E-state index contributed by atoms with van der Waals surface area (Å²) in [5.41, 5.74) is 2.43. The molecule has 2 amide bonds. The molecule has 1 saturated heterocycles. The zero-order valence-corrected chi connectivity index (χ0v) is 23.9. The molecule has 2 aliphatic heterocycles. The molecule has 0 aliphatic carbocycles. The third-order valence-electron chi connectivity index (χ3n) is 5.92. The average Bonchev–Trinajstić information content (AvgIpc) is 3.40. The summed E-state index contributed by atoms with van der Waals surface area (Å²) in [4.78, 5) is 44.8.